The number of anilines is 1. The fraction of sp³-hybridized carbons (Fsp3) is 0.357. The molecular formula is C14H19ClN4O3. The lowest BCUT2D eigenvalue weighted by molar-refractivity contribution is -0.118. The predicted octanol–water partition coefficient (Wildman–Crippen LogP) is 1.48. The van der Waals surface area contributed by atoms with Gasteiger partial charge in [0.1, 0.15) is 0 Å². The summed E-state index contributed by atoms with van der Waals surface area (Å²) in [5.41, 5.74) is 5.78. The molecule has 0 heterocycles. The monoisotopic (exact) mass is 326 g/mol. The largest absolute Gasteiger partial charge is 0.375 e. The highest BCUT2D eigenvalue weighted by Gasteiger charge is 2.11. The fourth-order valence-corrected chi connectivity index (χ4v) is 1.82. The van der Waals surface area contributed by atoms with Crippen molar-refractivity contribution in [2.75, 3.05) is 18.4 Å². The highest BCUT2D eigenvalue weighted by Crippen LogP contribution is 2.20. The maximum Gasteiger partial charge on any atom is 0.321 e. The second-order valence-electron chi connectivity index (χ2n) is 4.57. The molecule has 22 heavy (non-hydrogen) atoms. The number of rotatable bonds is 7. The molecule has 1 rings (SSSR count). The summed E-state index contributed by atoms with van der Waals surface area (Å²) in [6, 6.07) is 3.91. The van der Waals surface area contributed by atoms with Gasteiger partial charge in [0, 0.05) is 17.3 Å². The average molecular weight is 327 g/mol. The van der Waals surface area contributed by atoms with Gasteiger partial charge < -0.3 is 16.4 Å². The first-order valence-electron chi connectivity index (χ1n) is 6.85. The lowest BCUT2D eigenvalue weighted by Crippen LogP contribution is -2.42. The van der Waals surface area contributed by atoms with Gasteiger partial charge in [-0.25, -0.2) is 4.79 Å². The van der Waals surface area contributed by atoms with Gasteiger partial charge in [-0.05, 0) is 24.6 Å². The van der Waals surface area contributed by atoms with Gasteiger partial charge in [-0.3, -0.25) is 14.9 Å². The zero-order valence-electron chi connectivity index (χ0n) is 12.2. The molecule has 120 valence electrons. The maximum atomic E-state index is 11.6. The molecular weight excluding hydrogens is 308 g/mol. The van der Waals surface area contributed by atoms with Crippen LogP contribution in [-0.4, -0.2) is 30.9 Å². The van der Waals surface area contributed by atoms with E-state index in [4.69, 9.17) is 17.3 Å². The Balaban J connectivity index is 2.52. The van der Waals surface area contributed by atoms with Crippen molar-refractivity contribution < 1.29 is 14.4 Å². The molecule has 8 heteroatoms. The van der Waals surface area contributed by atoms with Crippen LogP contribution in [0.25, 0.3) is 0 Å². The van der Waals surface area contributed by atoms with Crippen LogP contribution in [0.15, 0.2) is 18.2 Å². The molecule has 1 aromatic rings. The molecule has 0 spiro atoms. The molecule has 5 N–H and O–H groups in total. The number of amides is 4. The third-order valence-electron chi connectivity index (χ3n) is 2.76. The van der Waals surface area contributed by atoms with Crippen LogP contribution in [0.2, 0.25) is 5.02 Å². The normalized spacial score (nSPS) is 9.91. The third kappa shape index (κ3) is 6.01. The number of nitrogens with two attached hydrogens (primary N) is 1. The summed E-state index contributed by atoms with van der Waals surface area (Å²) in [4.78, 5) is 34.3. The molecule has 0 aromatic heterocycles. The van der Waals surface area contributed by atoms with E-state index in [1.165, 1.54) is 18.2 Å². The van der Waals surface area contributed by atoms with Crippen molar-refractivity contribution in [3.05, 3.63) is 28.8 Å². The SMILES string of the molecule is CCCCNC(=O)NC(=O)CNc1cc(Cl)ccc1C(N)=O. The fourth-order valence-electron chi connectivity index (χ4n) is 1.65. The number of unbranched alkanes of at least 4 members (excludes halogenated alkanes) is 1. The van der Waals surface area contributed by atoms with Gasteiger partial charge in [0.2, 0.25) is 5.91 Å². The third-order valence-corrected chi connectivity index (χ3v) is 2.99. The van der Waals surface area contributed by atoms with Crippen LogP contribution in [0, 0.1) is 0 Å². The number of hydrogen-bond acceptors (Lipinski definition) is 4. The lowest BCUT2D eigenvalue weighted by atomic mass is 10.1. The smallest absolute Gasteiger partial charge is 0.321 e. The Kier molecular flexibility index (Phi) is 7.18. The van der Waals surface area contributed by atoms with Crippen molar-refractivity contribution in [2.45, 2.75) is 19.8 Å². The molecule has 0 saturated carbocycles. The number of benzene rings is 1. The van der Waals surface area contributed by atoms with Crippen molar-refractivity contribution >= 4 is 35.1 Å². The maximum absolute atomic E-state index is 11.6. The van der Waals surface area contributed by atoms with Crippen LogP contribution in [0.3, 0.4) is 0 Å². The van der Waals surface area contributed by atoms with Crippen molar-refractivity contribution in [3.8, 4) is 0 Å². The summed E-state index contributed by atoms with van der Waals surface area (Å²) >= 11 is 5.84. The highest BCUT2D eigenvalue weighted by molar-refractivity contribution is 6.31. The van der Waals surface area contributed by atoms with Gasteiger partial charge in [0.15, 0.2) is 0 Å². The molecule has 0 saturated heterocycles. The van der Waals surface area contributed by atoms with E-state index in [0.717, 1.165) is 12.8 Å². The number of carbonyl (C=O) groups is 3. The molecule has 0 radical (unpaired) electrons. The van der Waals surface area contributed by atoms with Gasteiger partial charge in [0.25, 0.3) is 5.91 Å². The number of nitrogens with one attached hydrogen (secondary N) is 3. The van der Waals surface area contributed by atoms with E-state index in [0.29, 0.717) is 17.3 Å². The van der Waals surface area contributed by atoms with E-state index < -0.39 is 17.8 Å². The van der Waals surface area contributed by atoms with E-state index in [1.54, 1.807) is 0 Å². The first-order chi connectivity index (χ1) is 10.4. The Morgan fingerprint density at radius 2 is 2.00 bits per heavy atom. The highest BCUT2D eigenvalue weighted by atomic mass is 35.5. The summed E-state index contributed by atoms with van der Waals surface area (Å²) < 4.78 is 0. The summed E-state index contributed by atoms with van der Waals surface area (Å²) in [7, 11) is 0. The van der Waals surface area contributed by atoms with Crippen molar-refractivity contribution in [3.63, 3.8) is 0 Å². The zero-order chi connectivity index (χ0) is 16.5. The minimum Gasteiger partial charge on any atom is -0.375 e. The van der Waals surface area contributed by atoms with Gasteiger partial charge in [-0.15, -0.1) is 0 Å². The second kappa shape index (κ2) is 8.89. The number of urea groups is 1. The molecule has 4 amide bonds. The summed E-state index contributed by atoms with van der Waals surface area (Å²) in [5.74, 6) is -1.18. The Morgan fingerprint density at radius 3 is 2.64 bits per heavy atom. The van der Waals surface area contributed by atoms with Gasteiger partial charge in [-0.2, -0.15) is 0 Å². The standard InChI is InChI=1S/C14H19ClN4O3/c1-2-3-6-17-14(22)19-12(20)8-18-11-7-9(15)4-5-10(11)13(16)21/h4-5,7,18H,2-3,6,8H2,1H3,(H2,16,21)(H2,17,19,20,22). The topological polar surface area (TPSA) is 113 Å². The van der Waals surface area contributed by atoms with Crippen molar-refractivity contribution in [2.24, 2.45) is 5.73 Å². The van der Waals surface area contributed by atoms with E-state index >= 15 is 0 Å². The Bertz CT molecular complexity index is 563. The average Bonchev–Trinajstić information content (AvgIpc) is 2.45. The van der Waals surface area contributed by atoms with Crippen molar-refractivity contribution in [1.29, 1.82) is 0 Å². The van der Waals surface area contributed by atoms with Crippen LogP contribution in [0.5, 0.6) is 0 Å². The summed E-state index contributed by atoms with van der Waals surface area (Å²) in [6.45, 7) is 2.31. The van der Waals surface area contributed by atoms with Crippen molar-refractivity contribution in [1.82, 2.24) is 10.6 Å². The van der Waals surface area contributed by atoms with E-state index in [2.05, 4.69) is 16.0 Å². The quantitative estimate of drug-likeness (QED) is 0.568. The number of hydrogen-bond donors (Lipinski definition) is 4. The summed E-state index contributed by atoms with van der Waals surface area (Å²) in [5, 5.41) is 7.85. The van der Waals surface area contributed by atoms with Crippen LogP contribution in [0.1, 0.15) is 30.1 Å². The molecule has 0 unspecified atom stereocenters. The van der Waals surface area contributed by atoms with Gasteiger partial charge >= 0.3 is 6.03 Å². The van der Waals surface area contributed by atoms with Crippen LogP contribution >= 0.6 is 11.6 Å². The van der Waals surface area contributed by atoms with E-state index in [1.807, 2.05) is 6.92 Å². The molecule has 0 atom stereocenters. The van der Waals surface area contributed by atoms with E-state index in [-0.39, 0.29) is 12.1 Å². The Morgan fingerprint density at radius 1 is 1.27 bits per heavy atom. The first kappa shape index (κ1) is 17.8. The van der Waals surface area contributed by atoms with Gasteiger partial charge in [-0.1, -0.05) is 24.9 Å². The van der Waals surface area contributed by atoms with Crippen LogP contribution < -0.4 is 21.7 Å². The number of halogens is 1. The first-order valence-corrected chi connectivity index (χ1v) is 7.22. The molecule has 0 aliphatic heterocycles. The summed E-state index contributed by atoms with van der Waals surface area (Å²) in [6.07, 6.45) is 1.78. The van der Waals surface area contributed by atoms with Gasteiger partial charge in [0.05, 0.1) is 12.1 Å². The number of imide groups is 1. The Hall–Kier alpha value is -2.28. The predicted molar refractivity (Wildman–Crippen MR) is 84.9 cm³/mol. The minimum atomic E-state index is -0.642. The van der Waals surface area contributed by atoms with Crippen LogP contribution in [-0.2, 0) is 4.79 Å². The molecule has 0 aliphatic carbocycles. The number of carbonyl (C=O) groups excluding carboxylic acids is 3. The lowest BCUT2D eigenvalue weighted by Gasteiger charge is -2.11. The molecule has 0 fully saturated rings. The molecule has 7 nitrogen and oxygen atoms in total. The van der Waals surface area contributed by atoms with Crippen LogP contribution in [0.4, 0.5) is 10.5 Å². The number of primary amides is 1. The van der Waals surface area contributed by atoms with E-state index in [9.17, 15) is 14.4 Å². The molecule has 0 bridgehead atoms. The Labute approximate surface area is 133 Å². The minimum absolute atomic E-state index is 0.193. The zero-order valence-corrected chi connectivity index (χ0v) is 13.0. The second-order valence-corrected chi connectivity index (χ2v) is 5.00. The molecule has 0 aliphatic rings. The molecule has 1 aromatic carbocycles.